The third-order valence-corrected chi connectivity index (χ3v) is 1.33. The fourth-order valence-corrected chi connectivity index (χ4v) is 0.768. The van der Waals surface area contributed by atoms with Gasteiger partial charge in [-0.25, -0.2) is 0 Å². The minimum Gasteiger partial charge on any atom is -0.0877 e. The van der Waals surface area contributed by atoms with Gasteiger partial charge in [-0.15, -0.1) is 0 Å². The average Bonchev–Trinajstić information content (AvgIpc) is 1.84. The molecule has 0 atom stereocenters. The van der Waals surface area contributed by atoms with Crippen LogP contribution in [0.3, 0.4) is 0 Å². The third kappa shape index (κ3) is 1.05. The lowest BCUT2D eigenvalue weighted by atomic mass is 9.91. The van der Waals surface area contributed by atoms with Crippen molar-refractivity contribution in [1.82, 2.24) is 0 Å². The Hall–Kier alpha value is -0.260. The van der Waals surface area contributed by atoms with Gasteiger partial charge in [-0.1, -0.05) is 26.0 Å². The zero-order chi connectivity index (χ0) is 5.33. The standard InChI is InChI=1S/C7H11/c1-7(2)5-3-4-6-7/h3-5H,6H2,1-2H3. The van der Waals surface area contributed by atoms with Crippen molar-refractivity contribution in [1.29, 1.82) is 0 Å². The molecule has 0 spiro atoms. The Balaban J connectivity index is 2.49. The van der Waals surface area contributed by atoms with Crippen LogP contribution in [0.15, 0.2) is 12.2 Å². The van der Waals surface area contributed by atoms with Crippen LogP contribution < -0.4 is 0 Å². The molecule has 7 heavy (non-hydrogen) atoms. The van der Waals surface area contributed by atoms with Crippen molar-refractivity contribution in [2.24, 2.45) is 5.41 Å². The Morgan fingerprint density at radius 2 is 2.14 bits per heavy atom. The third-order valence-electron chi connectivity index (χ3n) is 1.33. The molecule has 0 bridgehead atoms. The van der Waals surface area contributed by atoms with Crippen molar-refractivity contribution in [2.75, 3.05) is 0 Å². The summed E-state index contributed by atoms with van der Waals surface area (Å²) in [7, 11) is 0. The summed E-state index contributed by atoms with van der Waals surface area (Å²) in [4.78, 5) is 0. The molecule has 0 aliphatic heterocycles. The van der Waals surface area contributed by atoms with E-state index in [4.69, 9.17) is 0 Å². The van der Waals surface area contributed by atoms with Gasteiger partial charge in [0, 0.05) is 0 Å². The molecule has 1 rings (SSSR count). The molecule has 0 unspecified atom stereocenters. The predicted octanol–water partition coefficient (Wildman–Crippen LogP) is 2.18. The average molecular weight is 95.2 g/mol. The largest absolute Gasteiger partial charge is 0.0877 e. The van der Waals surface area contributed by atoms with Crippen LogP contribution in [0.2, 0.25) is 0 Å². The molecule has 0 heterocycles. The van der Waals surface area contributed by atoms with Gasteiger partial charge in [0.05, 0.1) is 0 Å². The molecule has 39 valence electrons. The van der Waals surface area contributed by atoms with Crippen LogP contribution in [-0.2, 0) is 0 Å². The van der Waals surface area contributed by atoms with E-state index >= 15 is 0 Å². The molecule has 0 aromatic rings. The molecule has 0 fully saturated rings. The molecule has 1 radical (unpaired) electrons. The number of allylic oxidation sites excluding steroid dienone is 2. The molecular formula is C7H11. The first-order chi connectivity index (χ1) is 3.21. The van der Waals surface area contributed by atoms with Crippen molar-refractivity contribution in [3.05, 3.63) is 18.6 Å². The Bertz CT molecular complexity index is 78.2. The topological polar surface area (TPSA) is 0 Å². The fraction of sp³-hybridized carbons (Fsp3) is 0.571. The summed E-state index contributed by atoms with van der Waals surface area (Å²) >= 11 is 0. The van der Waals surface area contributed by atoms with E-state index in [1.54, 1.807) is 0 Å². The van der Waals surface area contributed by atoms with Crippen LogP contribution in [0.25, 0.3) is 0 Å². The van der Waals surface area contributed by atoms with Gasteiger partial charge in [-0.3, -0.25) is 0 Å². The summed E-state index contributed by atoms with van der Waals surface area (Å²) in [5.74, 6) is 0. The molecule has 0 aromatic heterocycles. The number of hydrogen-bond acceptors (Lipinski definition) is 0. The van der Waals surface area contributed by atoms with Crippen molar-refractivity contribution < 1.29 is 0 Å². The molecule has 1 aliphatic carbocycles. The highest BCUT2D eigenvalue weighted by Crippen LogP contribution is 2.29. The highest BCUT2D eigenvalue weighted by molar-refractivity contribution is 5.12. The summed E-state index contributed by atoms with van der Waals surface area (Å²) in [6.07, 6.45) is 7.81. The lowest BCUT2D eigenvalue weighted by molar-refractivity contribution is 0.477. The van der Waals surface area contributed by atoms with Crippen molar-refractivity contribution in [3.8, 4) is 0 Å². The summed E-state index contributed by atoms with van der Waals surface area (Å²) in [6, 6.07) is 0. The van der Waals surface area contributed by atoms with E-state index in [9.17, 15) is 0 Å². The van der Waals surface area contributed by atoms with Crippen LogP contribution >= 0.6 is 0 Å². The minimum atomic E-state index is 0.458. The van der Waals surface area contributed by atoms with Gasteiger partial charge in [0.1, 0.15) is 0 Å². The van der Waals surface area contributed by atoms with Gasteiger partial charge in [0.25, 0.3) is 0 Å². The van der Waals surface area contributed by atoms with E-state index in [0.29, 0.717) is 5.41 Å². The van der Waals surface area contributed by atoms with Crippen LogP contribution in [0.1, 0.15) is 20.3 Å². The molecule has 0 heteroatoms. The molecule has 0 nitrogen and oxygen atoms in total. The van der Waals surface area contributed by atoms with Crippen LogP contribution in [0.5, 0.6) is 0 Å². The Morgan fingerprint density at radius 1 is 1.43 bits per heavy atom. The zero-order valence-corrected chi connectivity index (χ0v) is 4.94. The second-order valence-electron chi connectivity index (χ2n) is 2.79. The Morgan fingerprint density at radius 3 is 2.29 bits per heavy atom. The highest BCUT2D eigenvalue weighted by atomic mass is 14.2. The predicted molar refractivity (Wildman–Crippen MR) is 31.8 cm³/mol. The SMILES string of the molecule is CC1(C)[CH]C=CC1. The van der Waals surface area contributed by atoms with Crippen molar-refractivity contribution in [3.63, 3.8) is 0 Å². The number of rotatable bonds is 0. The Labute approximate surface area is 45.2 Å². The van der Waals surface area contributed by atoms with Gasteiger partial charge in [-0.2, -0.15) is 0 Å². The molecule has 0 N–H and O–H groups in total. The zero-order valence-electron chi connectivity index (χ0n) is 4.94. The molecule has 0 aromatic carbocycles. The van der Waals surface area contributed by atoms with E-state index < -0.39 is 0 Å². The first-order valence-electron chi connectivity index (χ1n) is 2.72. The van der Waals surface area contributed by atoms with E-state index in [-0.39, 0.29) is 0 Å². The normalized spacial score (nSPS) is 26.0. The fourth-order valence-electron chi connectivity index (χ4n) is 0.768. The van der Waals surface area contributed by atoms with Crippen LogP contribution in [0.4, 0.5) is 0 Å². The maximum Gasteiger partial charge on any atom is -0.0111 e. The summed E-state index contributed by atoms with van der Waals surface area (Å²) in [5.41, 5.74) is 0.458. The van der Waals surface area contributed by atoms with Crippen molar-refractivity contribution in [2.45, 2.75) is 20.3 Å². The molecule has 0 saturated carbocycles. The maximum atomic E-state index is 2.24. The lowest BCUT2D eigenvalue weighted by Gasteiger charge is -2.13. The molecule has 0 amide bonds. The summed E-state index contributed by atoms with van der Waals surface area (Å²) < 4.78 is 0. The van der Waals surface area contributed by atoms with Gasteiger partial charge < -0.3 is 0 Å². The monoisotopic (exact) mass is 95.1 g/mol. The van der Waals surface area contributed by atoms with Crippen LogP contribution in [-0.4, -0.2) is 0 Å². The van der Waals surface area contributed by atoms with E-state index in [1.807, 2.05) is 0 Å². The molecule has 0 saturated heterocycles. The molecular weight excluding hydrogens is 84.1 g/mol. The maximum absolute atomic E-state index is 2.24. The first-order valence-corrected chi connectivity index (χ1v) is 2.72. The van der Waals surface area contributed by atoms with Gasteiger partial charge in [0.15, 0.2) is 0 Å². The van der Waals surface area contributed by atoms with Gasteiger partial charge in [0.2, 0.25) is 0 Å². The van der Waals surface area contributed by atoms with Gasteiger partial charge >= 0.3 is 0 Å². The smallest absolute Gasteiger partial charge is 0.0111 e. The van der Waals surface area contributed by atoms with E-state index in [0.717, 1.165) is 0 Å². The second-order valence-corrected chi connectivity index (χ2v) is 2.79. The van der Waals surface area contributed by atoms with Crippen molar-refractivity contribution >= 4 is 0 Å². The second kappa shape index (κ2) is 1.36. The lowest BCUT2D eigenvalue weighted by Crippen LogP contribution is -2.03. The summed E-state index contributed by atoms with van der Waals surface area (Å²) in [5, 5.41) is 0. The van der Waals surface area contributed by atoms with Crippen LogP contribution in [0, 0.1) is 11.8 Å². The van der Waals surface area contributed by atoms with E-state index in [1.165, 1.54) is 6.42 Å². The highest BCUT2D eigenvalue weighted by Gasteiger charge is 2.17. The minimum absolute atomic E-state index is 0.458. The Kier molecular flexibility index (Phi) is 0.949. The number of hydrogen-bond donors (Lipinski definition) is 0. The quantitative estimate of drug-likeness (QED) is 0.432. The van der Waals surface area contributed by atoms with E-state index in [2.05, 4.69) is 32.4 Å². The summed E-state index contributed by atoms with van der Waals surface area (Å²) in [6.45, 7) is 4.49. The van der Waals surface area contributed by atoms with Gasteiger partial charge in [-0.05, 0) is 18.3 Å². The molecule has 1 aliphatic rings. The first kappa shape index (κ1) is 4.89.